The number of hydrogen-bond acceptors (Lipinski definition) is 4. The first-order valence-electron chi connectivity index (χ1n) is 11.8. The highest BCUT2D eigenvalue weighted by Gasteiger charge is 2.53. The van der Waals surface area contributed by atoms with E-state index in [1.165, 1.54) is 0 Å². The van der Waals surface area contributed by atoms with Gasteiger partial charge in [0.1, 0.15) is 0 Å². The first kappa shape index (κ1) is 5.78. The SMILES string of the molecule is [2H]C([2H])([2H])C([2H])([2H])c1nc(C([2H])([2H])C([2H])([2H])C([2H])([2H])[2H])c(B2OC(C)(C)C(C)(C)O2)s1. The van der Waals surface area contributed by atoms with Crippen molar-refractivity contribution in [1.29, 1.82) is 0 Å². The van der Waals surface area contributed by atoms with Crippen molar-refractivity contribution in [3.8, 4) is 0 Å². The quantitative estimate of drug-likeness (QED) is 0.800. The van der Waals surface area contributed by atoms with Crippen molar-refractivity contribution in [2.75, 3.05) is 0 Å². The fourth-order valence-corrected chi connectivity index (χ4v) is 2.43. The number of aromatic nitrogens is 1. The Kier molecular flexibility index (Phi) is 1.58. The summed E-state index contributed by atoms with van der Waals surface area (Å²) in [7, 11) is -1.33. The first-order valence-corrected chi connectivity index (χ1v) is 6.59. The molecule has 1 aliphatic heterocycles. The van der Waals surface area contributed by atoms with Crippen molar-refractivity contribution >= 4 is 23.2 Å². The molecule has 0 bridgehead atoms. The van der Waals surface area contributed by atoms with Crippen LogP contribution >= 0.6 is 11.3 Å². The van der Waals surface area contributed by atoms with Crippen molar-refractivity contribution in [3.63, 3.8) is 0 Å². The number of aryl methyl sites for hydroxylation is 2. The highest BCUT2D eigenvalue weighted by Crippen LogP contribution is 2.37. The number of thiazole rings is 1. The molecule has 2 heterocycles. The zero-order valence-corrected chi connectivity index (χ0v) is 12.1. The van der Waals surface area contributed by atoms with Crippen LogP contribution in [0.4, 0.5) is 0 Å². The molecular weight excluding hydrogens is 257 g/mol. The summed E-state index contributed by atoms with van der Waals surface area (Å²) in [4.78, 5) is 3.80. The van der Waals surface area contributed by atoms with Crippen LogP contribution in [-0.4, -0.2) is 23.3 Å². The Balaban J connectivity index is 2.76. The lowest BCUT2D eigenvalue weighted by molar-refractivity contribution is 0.00578. The van der Waals surface area contributed by atoms with Crippen molar-refractivity contribution in [2.45, 2.75) is 71.7 Å². The largest absolute Gasteiger partial charge is 0.507 e. The molecule has 106 valence electrons. The van der Waals surface area contributed by atoms with Gasteiger partial charge in [-0.15, -0.1) is 11.3 Å². The molecule has 0 amide bonds. The van der Waals surface area contributed by atoms with Gasteiger partial charge in [-0.05, 0) is 40.4 Å². The molecule has 0 aliphatic carbocycles. The summed E-state index contributed by atoms with van der Waals surface area (Å²) >= 11 is 0.459. The fourth-order valence-electron chi connectivity index (χ4n) is 1.64. The van der Waals surface area contributed by atoms with E-state index in [0.717, 1.165) is 0 Å². The summed E-state index contributed by atoms with van der Waals surface area (Å²) in [6, 6.07) is 0. The molecule has 3 nitrogen and oxygen atoms in total. The number of rotatable bonds is 4. The molecule has 2 rings (SSSR count). The molecular formula is C14H24BNO2S. The van der Waals surface area contributed by atoms with Crippen LogP contribution in [0.25, 0.3) is 0 Å². The van der Waals surface area contributed by atoms with Crippen molar-refractivity contribution in [3.05, 3.63) is 10.7 Å². The van der Waals surface area contributed by atoms with E-state index in [-0.39, 0.29) is 4.78 Å². The van der Waals surface area contributed by atoms with E-state index in [0.29, 0.717) is 11.3 Å². The van der Waals surface area contributed by atoms with E-state index in [2.05, 4.69) is 4.98 Å². The summed E-state index contributed by atoms with van der Waals surface area (Å²) in [6.07, 6.45) is -9.69. The average Bonchev–Trinajstić information content (AvgIpc) is 3.05. The van der Waals surface area contributed by atoms with Crippen molar-refractivity contribution < 1.29 is 25.8 Å². The van der Waals surface area contributed by atoms with Crippen molar-refractivity contribution in [2.24, 2.45) is 0 Å². The molecule has 0 radical (unpaired) electrons. The summed E-state index contributed by atoms with van der Waals surface area (Å²) in [5, 5.41) is -0.655. The van der Waals surface area contributed by atoms with E-state index < -0.39 is 61.8 Å². The van der Waals surface area contributed by atoms with Crippen LogP contribution in [0.3, 0.4) is 0 Å². The molecule has 1 fully saturated rings. The number of nitrogens with zero attached hydrogens (tertiary/aromatic N) is 1. The van der Waals surface area contributed by atoms with Gasteiger partial charge >= 0.3 is 7.12 Å². The van der Waals surface area contributed by atoms with Crippen LogP contribution in [0, 0.1) is 0 Å². The van der Waals surface area contributed by atoms with Gasteiger partial charge in [0.25, 0.3) is 0 Å². The van der Waals surface area contributed by atoms with E-state index in [1.54, 1.807) is 27.7 Å². The molecule has 1 saturated heterocycles. The molecule has 5 heteroatoms. The Morgan fingerprint density at radius 1 is 1.26 bits per heavy atom. The maximum atomic E-state index is 8.30. The smallest absolute Gasteiger partial charge is 0.399 e. The van der Waals surface area contributed by atoms with Gasteiger partial charge < -0.3 is 9.31 Å². The Morgan fingerprint density at radius 2 is 1.95 bits per heavy atom. The monoisotopic (exact) mass is 293 g/mol. The van der Waals surface area contributed by atoms with Gasteiger partial charge in [0.2, 0.25) is 0 Å². The molecule has 0 unspecified atom stereocenters. The van der Waals surface area contributed by atoms with Crippen LogP contribution < -0.4 is 4.78 Å². The minimum Gasteiger partial charge on any atom is -0.399 e. The van der Waals surface area contributed by atoms with Crippen LogP contribution in [0.15, 0.2) is 0 Å². The van der Waals surface area contributed by atoms with Gasteiger partial charge in [0, 0.05) is 16.4 Å². The Morgan fingerprint density at radius 3 is 2.53 bits per heavy atom. The molecule has 1 aromatic rings. The first-order chi connectivity index (χ1) is 13.4. The van der Waals surface area contributed by atoms with Gasteiger partial charge in [-0.2, -0.15) is 0 Å². The summed E-state index contributed by atoms with van der Waals surface area (Å²) in [5.74, 6) is 0. The third kappa shape index (κ3) is 2.74. The molecule has 1 aromatic heterocycles. The van der Waals surface area contributed by atoms with Gasteiger partial charge in [-0.25, -0.2) is 4.98 Å². The minimum absolute atomic E-state index is 0.222. The van der Waals surface area contributed by atoms with Crippen LogP contribution in [0.2, 0.25) is 0 Å². The normalized spacial score (nSPS) is 34.0. The molecule has 19 heavy (non-hydrogen) atoms. The second kappa shape index (κ2) is 5.19. The van der Waals surface area contributed by atoms with Gasteiger partial charge in [-0.1, -0.05) is 20.1 Å². The highest BCUT2D eigenvalue weighted by molar-refractivity contribution is 7.22. The summed E-state index contributed by atoms with van der Waals surface area (Å²) in [5.41, 5.74) is -2.57. The Labute approximate surface area is 137 Å². The van der Waals surface area contributed by atoms with Gasteiger partial charge in [0.05, 0.1) is 26.7 Å². The standard InChI is InChI=1S/C14H24BNO2S/c1-7-9-10-12(19-11(8-2)16-10)15-17-13(3,4)14(5,6)18-15/h7-9H2,1-6H3/i1D3,2D3,7D2,8D2,9D2. The summed E-state index contributed by atoms with van der Waals surface area (Å²) in [6.45, 7) is 0.250. The molecule has 0 spiro atoms. The van der Waals surface area contributed by atoms with Crippen LogP contribution in [0.5, 0.6) is 0 Å². The van der Waals surface area contributed by atoms with E-state index in [1.807, 2.05) is 0 Å². The van der Waals surface area contributed by atoms with Gasteiger partial charge in [0.15, 0.2) is 0 Å². The average molecular weight is 293 g/mol. The molecule has 0 N–H and O–H groups in total. The minimum atomic E-state index is -3.43. The highest BCUT2D eigenvalue weighted by atomic mass is 32.1. The topological polar surface area (TPSA) is 31.4 Å². The maximum Gasteiger partial charge on any atom is 0.507 e. The Bertz CT molecular complexity index is 829. The molecule has 1 aliphatic rings. The second-order valence-electron chi connectivity index (χ2n) is 5.20. The predicted molar refractivity (Wildman–Crippen MR) is 81.2 cm³/mol. The van der Waals surface area contributed by atoms with E-state index in [9.17, 15) is 0 Å². The van der Waals surface area contributed by atoms with Crippen LogP contribution in [-0.2, 0) is 22.1 Å². The fraction of sp³-hybridized carbons (Fsp3) is 0.786. The lowest BCUT2D eigenvalue weighted by atomic mass is 9.85. The lowest BCUT2D eigenvalue weighted by Crippen LogP contribution is -2.41. The Hall–Kier alpha value is -0.385. The zero-order chi connectivity index (χ0) is 24.6. The van der Waals surface area contributed by atoms with E-state index >= 15 is 0 Å². The van der Waals surface area contributed by atoms with Crippen LogP contribution in [0.1, 0.15) is 74.9 Å². The van der Waals surface area contributed by atoms with Crippen molar-refractivity contribution in [1.82, 2.24) is 4.98 Å². The third-order valence-corrected chi connectivity index (χ3v) is 4.40. The van der Waals surface area contributed by atoms with Gasteiger partial charge in [-0.3, -0.25) is 0 Å². The lowest BCUT2D eigenvalue weighted by Gasteiger charge is -2.32. The van der Waals surface area contributed by atoms with E-state index in [4.69, 9.17) is 25.8 Å². The molecule has 0 saturated carbocycles. The zero-order valence-electron chi connectivity index (χ0n) is 23.2. The molecule has 0 aromatic carbocycles. The molecule has 0 atom stereocenters. The maximum absolute atomic E-state index is 8.30. The number of hydrogen-bond donors (Lipinski definition) is 0. The third-order valence-electron chi connectivity index (χ3n) is 3.41. The second-order valence-corrected chi connectivity index (χ2v) is 6.23. The predicted octanol–water partition coefficient (Wildman–Crippen LogP) is 2.96. The summed E-state index contributed by atoms with van der Waals surface area (Å²) < 4.78 is 105.